The molecule has 0 aromatic heterocycles. The van der Waals surface area contributed by atoms with Gasteiger partial charge in [0.2, 0.25) is 11.9 Å². The van der Waals surface area contributed by atoms with Crippen molar-refractivity contribution in [3.63, 3.8) is 0 Å². The molecule has 1 aromatic rings. The lowest BCUT2D eigenvalue weighted by molar-refractivity contribution is 0.305. The molecule has 3 rings (SSSR count). The van der Waals surface area contributed by atoms with E-state index in [1.54, 1.807) is 0 Å². The molecule has 5 nitrogen and oxygen atoms in total. The Hall–Kier alpha value is -2.04. The summed E-state index contributed by atoms with van der Waals surface area (Å²) < 4.78 is 0. The van der Waals surface area contributed by atoms with E-state index < -0.39 is 0 Å². The largest absolute Gasteiger partial charge is 0.369 e. The van der Waals surface area contributed by atoms with Gasteiger partial charge in [0.1, 0.15) is 5.66 Å². The Balaban J connectivity index is 2.06. The molecule has 0 unspecified atom stereocenters. The van der Waals surface area contributed by atoms with E-state index in [0.29, 0.717) is 11.9 Å². The molecular formula is C14H19N5. The minimum absolute atomic E-state index is 0.298. The highest BCUT2D eigenvalue weighted by Gasteiger charge is 2.42. The average Bonchev–Trinajstić information content (AvgIpc) is 2.39. The third kappa shape index (κ3) is 2.05. The molecule has 100 valence electrons. The number of hydrogen-bond acceptors (Lipinski definition) is 5. The van der Waals surface area contributed by atoms with Crippen LogP contribution >= 0.6 is 0 Å². The maximum absolute atomic E-state index is 6.12. The van der Waals surface area contributed by atoms with E-state index in [2.05, 4.69) is 9.98 Å². The highest BCUT2D eigenvalue weighted by atomic mass is 15.4. The highest BCUT2D eigenvalue weighted by molar-refractivity contribution is 6.05. The minimum atomic E-state index is -0.338. The van der Waals surface area contributed by atoms with Crippen LogP contribution in [0.4, 0.5) is 5.69 Å². The lowest BCUT2D eigenvalue weighted by atomic mass is 9.87. The first-order chi connectivity index (χ1) is 9.21. The zero-order valence-corrected chi connectivity index (χ0v) is 10.9. The maximum atomic E-state index is 6.12. The summed E-state index contributed by atoms with van der Waals surface area (Å²) in [6.07, 6.45) is 5.48. The fourth-order valence-corrected chi connectivity index (χ4v) is 3.07. The summed E-state index contributed by atoms with van der Waals surface area (Å²) in [6.45, 7) is 0. The standard InChI is InChI=1S/C14H19N5/c15-12-17-13(16)19(11-7-3-1-4-8-11)14(18-12)9-5-2-6-10-14/h1,3-4,7-8H,2,5-6,9-10H2,(H4,15,16,17,18). The van der Waals surface area contributed by atoms with Crippen molar-refractivity contribution in [2.75, 3.05) is 4.90 Å². The number of benzene rings is 1. The van der Waals surface area contributed by atoms with Gasteiger partial charge in [0.25, 0.3) is 0 Å². The fourth-order valence-electron chi connectivity index (χ4n) is 3.07. The average molecular weight is 257 g/mol. The molecule has 5 heteroatoms. The monoisotopic (exact) mass is 257 g/mol. The van der Waals surface area contributed by atoms with Gasteiger partial charge >= 0.3 is 0 Å². The number of para-hydroxylation sites is 1. The van der Waals surface area contributed by atoms with E-state index in [1.807, 2.05) is 35.2 Å². The van der Waals surface area contributed by atoms with Crippen molar-refractivity contribution in [3.8, 4) is 0 Å². The summed E-state index contributed by atoms with van der Waals surface area (Å²) in [7, 11) is 0. The zero-order chi connectivity index (χ0) is 13.3. The lowest BCUT2D eigenvalue weighted by Gasteiger charge is -2.45. The van der Waals surface area contributed by atoms with Crippen molar-refractivity contribution in [3.05, 3.63) is 30.3 Å². The first-order valence-corrected chi connectivity index (χ1v) is 6.76. The Labute approximate surface area is 113 Å². The number of nitrogens with zero attached hydrogens (tertiary/aromatic N) is 3. The molecule has 1 saturated carbocycles. The number of anilines is 1. The van der Waals surface area contributed by atoms with Crippen LogP contribution in [0.5, 0.6) is 0 Å². The van der Waals surface area contributed by atoms with E-state index in [1.165, 1.54) is 6.42 Å². The molecule has 0 amide bonds. The molecule has 1 aliphatic carbocycles. The molecule has 1 fully saturated rings. The SMILES string of the molecule is NC1=NC2(CCCCC2)N(c2ccccc2)C(N)=N1. The molecule has 1 aliphatic heterocycles. The number of guanidine groups is 2. The molecular weight excluding hydrogens is 238 g/mol. The van der Waals surface area contributed by atoms with Gasteiger partial charge in [-0.2, -0.15) is 4.99 Å². The van der Waals surface area contributed by atoms with Gasteiger partial charge in [-0.25, -0.2) is 4.99 Å². The number of aliphatic imine (C=N–C) groups is 2. The van der Waals surface area contributed by atoms with Crippen molar-refractivity contribution in [2.24, 2.45) is 21.5 Å². The third-order valence-corrected chi connectivity index (χ3v) is 3.87. The van der Waals surface area contributed by atoms with Gasteiger partial charge in [-0.15, -0.1) is 0 Å². The summed E-state index contributed by atoms with van der Waals surface area (Å²) in [4.78, 5) is 10.8. The summed E-state index contributed by atoms with van der Waals surface area (Å²) in [6, 6.07) is 10.1. The van der Waals surface area contributed by atoms with Crippen molar-refractivity contribution < 1.29 is 0 Å². The van der Waals surface area contributed by atoms with Gasteiger partial charge in [-0.1, -0.05) is 24.6 Å². The number of hydrogen-bond donors (Lipinski definition) is 2. The number of rotatable bonds is 1. The summed E-state index contributed by atoms with van der Waals surface area (Å²) in [5.41, 5.74) is 12.6. The summed E-state index contributed by atoms with van der Waals surface area (Å²) in [5, 5.41) is 0. The predicted octanol–water partition coefficient (Wildman–Crippen LogP) is 1.80. The summed E-state index contributed by atoms with van der Waals surface area (Å²) >= 11 is 0. The Kier molecular flexibility index (Phi) is 2.89. The van der Waals surface area contributed by atoms with Crippen molar-refractivity contribution in [2.45, 2.75) is 37.8 Å². The van der Waals surface area contributed by atoms with Crippen LogP contribution in [-0.2, 0) is 0 Å². The van der Waals surface area contributed by atoms with E-state index in [-0.39, 0.29) is 5.66 Å². The van der Waals surface area contributed by atoms with Crippen LogP contribution < -0.4 is 16.4 Å². The molecule has 1 heterocycles. The molecule has 0 atom stereocenters. The third-order valence-electron chi connectivity index (χ3n) is 3.87. The second kappa shape index (κ2) is 4.57. The fraction of sp³-hybridized carbons (Fsp3) is 0.429. The smallest absolute Gasteiger partial charge is 0.220 e. The Morgan fingerprint density at radius 2 is 1.68 bits per heavy atom. The lowest BCUT2D eigenvalue weighted by Crippen LogP contribution is -2.58. The Morgan fingerprint density at radius 1 is 1.00 bits per heavy atom. The van der Waals surface area contributed by atoms with Crippen molar-refractivity contribution >= 4 is 17.6 Å². The zero-order valence-electron chi connectivity index (χ0n) is 10.9. The molecule has 4 N–H and O–H groups in total. The van der Waals surface area contributed by atoms with Crippen molar-refractivity contribution in [1.29, 1.82) is 0 Å². The van der Waals surface area contributed by atoms with Gasteiger partial charge in [-0.05, 0) is 37.8 Å². The number of nitrogens with two attached hydrogens (primary N) is 2. The Bertz CT molecular complexity index is 514. The van der Waals surface area contributed by atoms with Crippen LogP contribution in [0, 0.1) is 0 Å². The maximum Gasteiger partial charge on any atom is 0.220 e. The van der Waals surface area contributed by atoms with Gasteiger partial charge < -0.3 is 11.5 Å². The molecule has 1 aromatic carbocycles. The molecule has 0 saturated heterocycles. The van der Waals surface area contributed by atoms with Crippen LogP contribution in [0.1, 0.15) is 32.1 Å². The van der Waals surface area contributed by atoms with Gasteiger partial charge in [0, 0.05) is 5.69 Å². The van der Waals surface area contributed by atoms with Crippen molar-refractivity contribution in [1.82, 2.24) is 0 Å². The predicted molar refractivity (Wildman–Crippen MR) is 78.0 cm³/mol. The summed E-state index contributed by atoms with van der Waals surface area (Å²) in [5.74, 6) is 0.743. The van der Waals surface area contributed by atoms with Crippen LogP contribution in [-0.4, -0.2) is 17.6 Å². The quantitative estimate of drug-likeness (QED) is 0.805. The highest BCUT2D eigenvalue weighted by Crippen LogP contribution is 2.39. The first-order valence-electron chi connectivity index (χ1n) is 6.76. The topological polar surface area (TPSA) is 80.0 Å². The van der Waals surface area contributed by atoms with Gasteiger partial charge in [0.05, 0.1) is 0 Å². The minimum Gasteiger partial charge on any atom is -0.369 e. The second-order valence-electron chi connectivity index (χ2n) is 5.15. The van der Waals surface area contributed by atoms with E-state index in [4.69, 9.17) is 11.5 Å². The molecule has 19 heavy (non-hydrogen) atoms. The van der Waals surface area contributed by atoms with Gasteiger partial charge in [-0.3, -0.25) is 4.90 Å². The van der Waals surface area contributed by atoms with Crippen LogP contribution in [0.25, 0.3) is 0 Å². The molecule has 0 bridgehead atoms. The molecule has 0 radical (unpaired) electrons. The van der Waals surface area contributed by atoms with Crippen LogP contribution in [0.3, 0.4) is 0 Å². The van der Waals surface area contributed by atoms with E-state index in [0.717, 1.165) is 31.4 Å². The molecule has 1 spiro atoms. The van der Waals surface area contributed by atoms with Crippen LogP contribution in [0.15, 0.2) is 40.3 Å². The Morgan fingerprint density at radius 3 is 2.37 bits per heavy atom. The van der Waals surface area contributed by atoms with E-state index in [9.17, 15) is 0 Å². The normalized spacial score (nSPS) is 22.0. The van der Waals surface area contributed by atoms with Crippen LogP contribution in [0.2, 0.25) is 0 Å². The molecule has 2 aliphatic rings. The first kappa shape index (κ1) is 12.0. The van der Waals surface area contributed by atoms with Gasteiger partial charge in [0.15, 0.2) is 0 Å². The second-order valence-corrected chi connectivity index (χ2v) is 5.15. The van der Waals surface area contributed by atoms with E-state index >= 15 is 0 Å².